The summed E-state index contributed by atoms with van der Waals surface area (Å²) in [6.45, 7) is 1.05. The second-order valence-corrected chi connectivity index (χ2v) is 7.47. The van der Waals surface area contributed by atoms with Gasteiger partial charge in [0.2, 0.25) is 10.0 Å². The predicted molar refractivity (Wildman–Crippen MR) is 83.1 cm³/mol. The van der Waals surface area contributed by atoms with Crippen LogP contribution in [0.5, 0.6) is 0 Å². The van der Waals surface area contributed by atoms with E-state index in [4.69, 9.17) is 33.7 Å². The van der Waals surface area contributed by atoms with E-state index in [0.29, 0.717) is 17.2 Å². The van der Waals surface area contributed by atoms with Crippen molar-refractivity contribution >= 4 is 33.2 Å². The molecule has 0 saturated carbocycles. The van der Waals surface area contributed by atoms with Gasteiger partial charge in [-0.25, -0.2) is 13.1 Å². The molecule has 1 fully saturated rings. The van der Waals surface area contributed by atoms with Gasteiger partial charge in [-0.15, -0.1) is 0 Å². The van der Waals surface area contributed by atoms with E-state index >= 15 is 0 Å². The van der Waals surface area contributed by atoms with E-state index in [1.54, 1.807) is 0 Å². The van der Waals surface area contributed by atoms with E-state index in [1.807, 2.05) is 0 Å². The molecule has 1 unspecified atom stereocenters. The number of hydrogen-bond acceptors (Lipinski definition) is 4. The highest BCUT2D eigenvalue weighted by Crippen LogP contribution is 2.28. The molecule has 118 valence electrons. The van der Waals surface area contributed by atoms with Crippen molar-refractivity contribution < 1.29 is 13.2 Å². The van der Waals surface area contributed by atoms with Crippen LogP contribution < -0.4 is 10.5 Å². The van der Waals surface area contributed by atoms with Crippen LogP contribution in [0.1, 0.15) is 24.8 Å². The molecule has 0 aliphatic carbocycles. The Morgan fingerprint density at radius 1 is 1.29 bits per heavy atom. The minimum atomic E-state index is -3.72. The lowest BCUT2D eigenvalue weighted by Gasteiger charge is -2.22. The van der Waals surface area contributed by atoms with Gasteiger partial charge in [-0.05, 0) is 37.0 Å². The summed E-state index contributed by atoms with van der Waals surface area (Å²) in [5.74, 6) is 0. The lowest BCUT2D eigenvalue weighted by Crippen LogP contribution is -2.35. The highest BCUT2D eigenvalue weighted by Gasteiger charge is 2.22. The van der Waals surface area contributed by atoms with Gasteiger partial charge in [0, 0.05) is 24.7 Å². The number of nitrogens with two attached hydrogens (primary N) is 1. The average molecular weight is 353 g/mol. The van der Waals surface area contributed by atoms with Crippen molar-refractivity contribution in [3.05, 3.63) is 27.7 Å². The van der Waals surface area contributed by atoms with Crippen LogP contribution in [0.25, 0.3) is 0 Å². The summed E-state index contributed by atoms with van der Waals surface area (Å²) in [5, 5.41) is 0.436. The smallest absolute Gasteiger partial charge is 0.242 e. The Balaban J connectivity index is 2.15. The number of sulfonamides is 1. The largest absolute Gasteiger partial charge is 0.377 e. The van der Waals surface area contributed by atoms with Crippen LogP contribution in [-0.4, -0.2) is 27.7 Å². The summed E-state index contributed by atoms with van der Waals surface area (Å²) in [4.78, 5) is -0.00942. The Kier molecular flexibility index (Phi) is 5.88. The number of rotatable bonds is 5. The topological polar surface area (TPSA) is 81.4 Å². The molecule has 0 radical (unpaired) electrons. The maximum atomic E-state index is 12.3. The normalized spacial score (nSPS) is 19.7. The van der Waals surface area contributed by atoms with Crippen LogP contribution in [0.4, 0.5) is 0 Å². The molecule has 8 heteroatoms. The summed E-state index contributed by atoms with van der Waals surface area (Å²) in [6, 6.07) is 2.81. The van der Waals surface area contributed by atoms with Crippen LogP contribution in [0.15, 0.2) is 17.0 Å². The number of benzene rings is 1. The molecule has 1 aliphatic rings. The van der Waals surface area contributed by atoms with Crippen molar-refractivity contribution in [2.24, 2.45) is 5.73 Å². The highest BCUT2D eigenvalue weighted by atomic mass is 35.5. The van der Waals surface area contributed by atoms with E-state index in [2.05, 4.69) is 4.72 Å². The molecule has 1 aromatic carbocycles. The monoisotopic (exact) mass is 352 g/mol. The molecule has 0 amide bonds. The fourth-order valence-electron chi connectivity index (χ4n) is 2.18. The summed E-state index contributed by atoms with van der Waals surface area (Å²) < 4.78 is 32.7. The van der Waals surface area contributed by atoms with Crippen molar-refractivity contribution in [3.63, 3.8) is 0 Å². The minimum absolute atomic E-state index is 0.00942. The third kappa shape index (κ3) is 4.31. The maximum absolute atomic E-state index is 12.3. The zero-order valence-electron chi connectivity index (χ0n) is 11.4. The van der Waals surface area contributed by atoms with Crippen molar-refractivity contribution in [2.75, 3.05) is 13.2 Å². The number of hydrogen-bond donors (Lipinski definition) is 2. The van der Waals surface area contributed by atoms with Gasteiger partial charge in [0.05, 0.1) is 11.1 Å². The molecule has 0 bridgehead atoms. The van der Waals surface area contributed by atoms with Crippen LogP contribution in [0.2, 0.25) is 10.0 Å². The fraction of sp³-hybridized carbons (Fsp3) is 0.538. The minimum Gasteiger partial charge on any atom is -0.377 e. The molecule has 5 nitrogen and oxygen atoms in total. The Hall–Kier alpha value is -0.370. The second-order valence-electron chi connectivity index (χ2n) is 4.92. The molecule has 2 rings (SSSR count). The molecule has 1 aromatic rings. The van der Waals surface area contributed by atoms with Gasteiger partial charge in [-0.3, -0.25) is 0 Å². The first-order valence-corrected chi connectivity index (χ1v) is 8.97. The molecule has 0 aromatic heterocycles. The van der Waals surface area contributed by atoms with Gasteiger partial charge in [0.15, 0.2) is 0 Å². The Morgan fingerprint density at radius 3 is 2.67 bits per heavy atom. The Bertz CT molecular complexity index is 602. The third-order valence-corrected chi connectivity index (χ3v) is 5.63. The van der Waals surface area contributed by atoms with Gasteiger partial charge in [-0.2, -0.15) is 0 Å². The summed E-state index contributed by atoms with van der Waals surface area (Å²) in [7, 11) is -3.72. The van der Waals surface area contributed by atoms with E-state index in [-0.39, 0.29) is 29.1 Å². The lowest BCUT2D eigenvalue weighted by atomic mass is 10.1. The number of ether oxygens (including phenoxy) is 1. The zero-order chi connectivity index (χ0) is 15.5. The van der Waals surface area contributed by atoms with Crippen molar-refractivity contribution in [1.82, 2.24) is 4.72 Å². The first-order valence-electron chi connectivity index (χ1n) is 6.73. The molecule has 1 aliphatic heterocycles. The average Bonchev–Trinajstić information content (AvgIpc) is 2.46. The van der Waals surface area contributed by atoms with Crippen LogP contribution in [0.3, 0.4) is 0 Å². The van der Waals surface area contributed by atoms with Gasteiger partial charge in [0.25, 0.3) is 0 Å². The second kappa shape index (κ2) is 7.26. The summed E-state index contributed by atoms with van der Waals surface area (Å²) in [6.07, 6.45) is 2.83. The van der Waals surface area contributed by atoms with Crippen LogP contribution >= 0.6 is 23.2 Å². The van der Waals surface area contributed by atoms with Gasteiger partial charge in [-0.1, -0.05) is 23.2 Å². The quantitative estimate of drug-likeness (QED) is 0.851. The van der Waals surface area contributed by atoms with E-state index < -0.39 is 10.0 Å². The van der Waals surface area contributed by atoms with Crippen molar-refractivity contribution in [3.8, 4) is 0 Å². The first kappa shape index (κ1) is 17.0. The molecule has 21 heavy (non-hydrogen) atoms. The molecular weight excluding hydrogens is 335 g/mol. The summed E-state index contributed by atoms with van der Waals surface area (Å²) >= 11 is 11.9. The van der Waals surface area contributed by atoms with Gasteiger partial charge in [0.1, 0.15) is 4.90 Å². The maximum Gasteiger partial charge on any atom is 0.242 e. The van der Waals surface area contributed by atoms with E-state index in [1.165, 1.54) is 12.1 Å². The van der Waals surface area contributed by atoms with Crippen molar-refractivity contribution in [2.45, 2.75) is 36.8 Å². The fourth-order valence-corrected chi connectivity index (χ4v) is 4.12. The van der Waals surface area contributed by atoms with Crippen molar-refractivity contribution in [1.29, 1.82) is 0 Å². The zero-order valence-corrected chi connectivity index (χ0v) is 13.8. The molecule has 1 atom stereocenters. The molecule has 0 spiro atoms. The van der Waals surface area contributed by atoms with Crippen LogP contribution in [-0.2, 0) is 21.3 Å². The molecular formula is C13H18Cl2N2O3S. The molecule has 1 heterocycles. The van der Waals surface area contributed by atoms with E-state index in [9.17, 15) is 8.42 Å². The number of nitrogens with one attached hydrogen (secondary N) is 1. The van der Waals surface area contributed by atoms with E-state index in [0.717, 1.165) is 19.3 Å². The molecule has 1 saturated heterocycles. The highest BCUT2D eigenvalue weighted by molar-refractivity contribution is 7.89. The standard InChI is InChI=1S/C13H18Cl2N2O3S/c14-11-6-12(15)13(5-9(11)7-16)21(18,19)17-8-10-3-1-2-4-20-10/h5-6,10,17H,1-4,7-8,16H2. The van der Waals surface area contributed by atoms with Gasteiger partial charge >= 0.3 is 0 Å². The lowest BCUT2D eigenvalue weighted by molar-refractivity contribution is 0.0200. The third-order valence-electron chi connectivity index (χ3n) is 3.39. The van der Waals surface area contributed by atoms with Gasteiger partial charge < -0.3 is 10.5 Å². The summed E-state index contributed by atoms with van der Waals surface area (Å²) in [5.41, 5.74) is 6.08. The Morgan fingerprint density at radius 2 is 2.05 bits per heavy atom. The number of halogens is 2. The predicted octanol–water partition coefficient (Wildman–Crippen LogP) is 2.30. The Labute approximate surface area is 134 Å². The first-order chi connectivity index (χ1) is 9.94. The molecule has 3 N–H and O–H groups in total. The van der Waals surface area contributed by atoms with Crippen LogP contribution in [0, 0.1) is 0 Å². The SMILES string of the molecule is NCc1cc(S(=O)(=O)NCC2CCCCO2)c(Cl)cc1Cl.